The van der Waals surface area contributed by atoms with Crippen LogP contribution < -0.4 is 19.1 Å². The number of aliphatic hydroxyl groups excluding tert-OH is 3. The van der Waals surface area contributed by atoms with Crippen LogP contribution in [0, 0.1) is 5.41 Å². The van der Waals surface area contributed by atoms with Gasteiger partial charge in [-0.25, -0.2) is 4.98 Å². The second-order valence-electron chi connectivity index (χ2n) is 9.99. The standard InChI is InChI=1S/C27H37N3O7/c1-5-36-19-7-9-25(28-11-19)29-12-20(13-29)37-24-10-18(6-8-23(24)35-4)21-14-30(26(34)22(33)15-31)16-27(21,3)17(2)32/h6-11,17,20-22,31-33H,5,12-16H2,1-4H3/t17-,21+,22?,27+/m1/s1. The van der Waals surface area contributed by atoms with Gasteiger partial charge in [0.1, 0.15) is 17.7 Å². The number of ether oxygens (including phenoxy) is 3. The summed E-state index contributed by atoms with van der Waals surface area (Å²) < 4.78 is 17.3. The number of aliphatic hydroxyl groups is 3. The normalized spacial score (nSPS) is 23.4. The van der Waals surface area contributed by atoms with Crippen LogP contribution in [0.2, 0.25) is 0 Å². The monoisotopic (exact) mass is 515 g/mol. The van der Waals surface area contributed by atoms with Gasteiger partial charge in [0.05, 0.1) is 45.7 Å². The Hall–Kier alpha value is -3.08. The molecule has 202 valence electrons. The first kappa shape index (κ1) is 27.0. The Morgan fingerprint density at radius 1 is 1.19 bits per heavy atom. The molecular weight excluding hydrogens is 478 g/mol. The van der Waals surface area contributed by atoms with Gasteiger partial charge in [0.2, 0.25) is 0 Å². The molecule has 3 heterocycles. The van der Waals surface area contributed by atoms with Crippen molar-refractivity contribution < 1.29 is 34.3 Å². The van der Waals surface area contributed by atoms with Crippen molar-refractivity contribution in [3.05, 3.63) is 42.1 Å². The lowest BCUT2D eigenvalue weighted by Crippen LogP contribution is -2.54. The first-order valence-corrected chi connectivity index (χ1v) is 12.6. The smallest absolute Gasteiger partial charge is 0.253 e. The van der Waals surface area contributed by atoms with Gasteiger partial charge in [0.25, 0.3) is 5.91 Å². The molecule has 1 aromatic carbocycles. The van der Waals surface area contributed by atoms with Gasteiger partial charge in [-0.1, -0.05) is 13.0 Å². The Labute approximate surface area is 217 Å². The fourth-order valence-electron chi connectivity index (χ4n) is 5.07. The van der Waals surface area contributed by atoms with E-state index in [9.17, 15) is 20.1 Å². The number of carbonyl (C=O) groups excluding carboxylic acids is 1. The molecule has 1 aromatic heterocycles. The maximum Gasteiger partial charge on any atom is 0.253 e. The first-order chi connectivity index (χ1) is 17.7. The van der Waals surface area contributed by atoms with E-state index in [1.54, 1.807) is 20.2 Å². The molecule has 10 nitrogen and oxygen atoms in total. The number of amides is 1. The molecule has 0 saturated carbocycles. The third-order valence-corrected chi connectivity index (χ3v) is 7.54. The number of hydrogen-bond acceptors (Lipinski definition) is 9. The van der Waals surface area contributed by atoms with Gasteiger partial charge in [0.15, 0.2) is 17.6 Å². The van der Waals surface area contributed by atoms with Gasteiger partial charge in [-0.2, -0.15) is 0 Å². The molecule has 4 atom stereocenters. The van der Waals surface area contributed by atoms with Crippen LogP contribution in [0.15, 0.2) is 36.5 Å². The van der Waals surface area contributed by atoms with Crippen molar-refractivity contribution in [3.8, 4) is 17.2 Å². The third kappa shape index (κ3) is 5.46. The highest BCUT2D eigenvalue weighted by atomic mass is 16.5. The second kappa shape index (κ2) is 11.1. The maximum atomic E-state index is 12.6. The number of likely N-dealkylation sites (tertiary alicyclic amines) is 1. The molecule has 2 aromatic rings. The topological polar surface area (TPSA) is 125 Å². The molecule has 1 amide bonds. The van der Waals surface area contributed by atoms with E-state index in [2.05, 4.69) is 9.88 Å². The van der Waals surface area contributed by atoms with Crippen molar-refractivity contribution in [1.29, 1.82) is 0 Å². The van der Waals surface area contributed by atoms with Crippen LogP contribution in [0.25, 0.3) is 0 Å². The Kier molecular flexibility index (Phi) is 8.11. The van der Waals surface area contributed by atoms with E-state index in [1.807, 2.05) is 44.2 Å². The number of hydrogen-bond donors (Lipinski definition) is 3. The highest BCUT2D eigenvalue weighted by Crippen LogP contribution is 2.47. The predicted molar refractivity (Wildman–Crippen MR) is 137 cm³/mol. The molecule has 10 heteroatoms. The Morgan fingerprint density at radius 3 is 2.54 bits per heavy atom. The van der Waals surface area contributed by atoms with E-state index < -0.39 is 30.1 Å². The molecule has 2 fully saturated rings. The average molecular weight is 516 g/mol. The highest BCUT2D eigenvalue weighted by Gasteiger charge is 2.49. The van der Waals surface area contributed by atoms with Crippen LogP contribution >= 0.6 is 0 Å². The number of rotatable bonds is 10. The lowest BCUT2D eigenvalue weighted by atomic mass is 9.72. The molecule has 1 unspecified atom stereocenters. The fourth-order valence-corrected chi connectivity index (χ4v) is 5.07. The molecular formula is C27H37N3O7. The zero-order valence-corrected chi connectivity index (χ0v) is 21.8. The molecule has 0 aliphatic carbocycles. The largest absolute Gasteiger partial charge is 0.493 e. The van der Waals surface area contributed by atoms with Gasteiger partial charge in [0, 0.05) is 24.4 Å². The minimum Gasteiger partial charge on any atom is -0.493 e. The molecule has 0 bridgehead atoms. The lowest BCUT2D eigenvalue weighted by molar-refractivity contribution is -0.141. The van der Waals surface area contributed by atoms with Crippen LogP contribution in [0.1, 0.15) is 32.3 Å². The van der Waals surface area contributed by atoms with Crippen molar-refractivity contribution in [2.45, 2.75) is 45.0 Å². The summed E-state index contributed by atoms with van der Waals surface area (Å²) in [6.45, 7) is 7.44. The van der Waals surface area contributed by atoms with Crippen LogP contribution in [-0.4, -0.2) is 95.9 Å². The summed E-state index contributed by atoms with van der Waals surface area (Å²) in [6, 6.07) is 9.51. The number of benzene rings is 1. The summed E-state index contributed by atoms with van der Waals surface area (Å²) in [5, 5.41) is 29.8. The number of nitrogens with zero attached hydrogens (tertiary/aromatic N) is 3. The minimum absolute atomic E-state index is 0.0537. The molecule has 3 N–H and O–H groups in total. The fraction of sp³-hybridized carbons (Fsp3) is 0.556. The van der Waals surface area contributed by atoms with Crippen molar-refractivity contribution in [3.63, 3.8) is 0 Å². The zero-order chi connectivity index (χ0) is 26.7. The van der Waals surface area contributed by atoms with Crippen LogP contribution in [0.3, 0.4) is 0 Å². The number of carbonyl (C=O) groups is 1. The quantitative estimate of drug-likeness (QED) is 0.431. The van der Waals surface area contributed by atoms with Gasteiger partial charge in [-0.15, -0.1) is 0 Å². The Morgan fingerprint density at radius 2 is 1.95 bits per heavy atom. The average Bonchev–Trinajstić information content (AvgIpc) is 3.24. The van der Waals surface area contributed by atoms with Gasteiger partial charge in [-0.3, -0.25) is 4.79 Å². The summed E-state index contributed by atoms with van der Waals surface area (Å²) in [6.07, 6.45) is -0.525. The molecule has 2 saturated heterocycles. The lowest BCUT2D eigenvalue weighted by Gasteiger charge is -2.40. The number of anilines is 1. The Bertz CT molecular complexity index is 1070. The minimum atomic E-state index is -1.47. The van der Waals surface area contributed by atoms with E-state index in [1.165, 1.54) is 4.90 Å². The van der Waals surface area contributed by atoms with E-state index in [0.29, 0.717) is 37.7 Å². The highest BCUT2D eigenvalue weighted by molar-refractivity contribution is 5.81. The van der Waals surface area contributed by atoms with Crippen molar-refractivity contribution in [2.75, 3.05) is 51.4 Å². The second-order valence-corrected chi connectivity index (χ2v) is 9.99. The van der Waals surface area contributed by atoms with Crippen molar-refractivity contribution in [1.82, 2.24) is 9.88 Å². The molecule has 4 rings (SSSR count). The molecule has 0 spiro atoms. The predicted octanol–water partition coefficient (Wildman–Crippen LogP) is 1.42. The van der Waals surface area contributed by atoms with Crippen LogP contribution in [-0.2, 0) is 4.79 Å². The molecule has 0 radical (unpaired) electrons. The van der Waals surface area contributed by atoms with E-state index in [-0.39, 0.29) is 18.6 Å². The maximum absolute atomic E-state index is 12.6. The number of pyridine rings is 1. The number of methoxy groups -OCH3 is 1. The third-order valence-electron chi connectivity index (χ3n) is 7.54. The van der Waals surface area contributed by atoms with Crippen LogP contribution in [0.4, 0.5) is 5.82 Å². The van der Waals surface area contributed by atoms with E-state index >= 15 is 0 Å². The van der Waals surface area contributed by atoms with Crippen molar-refractivity contribution in [2.24, 2.45) is 5.41 Å². The summed E-state index contributed by atoms with van der Waals surface area (Å²) in [4.78, 5) is 20.7. The van der Waals surface area contributed by atoms with Crippen molar-refractivity contribution >= 4 is 11.7 Å². The van der Waals surface area contributed by atoms with E-state index in [4.69, 9.17) is 14.2 Å². The van der Waals surface area contributed by atoms with Gasteiger partial charge >= 0.3 is 0 Å². The van der Waals surface area contributed by atoms with E-state index in [0.717, 1.165) is 17.1 Å². The molecule has 37 heavy (non-hydrogen) atoms. The van der Waals surface area contributed by atoms with Crippen LogP contribution in [0.5, 0.6) is 17.2 Å². The molecule has 2 aliphatic heterocycles. The Balaban J connectivity index is 1.49. The summed E-state index contributed by atoms with van der Waals surface area (Å²) in [7, 11) is 1.59. The zero-order valence-electron chi connectivity index (χ0n) is 21.8. The SMILES string of the molecule is CCOc1ccc(N2CC(Oc3cc([C@@H]4CN(C(=O)C(O)CO)C[C@@]4(C)[C@@H](C)O)ccc3OC)C2)nc1. The van der Waals surface area contributed by atoms with Gasteiger partial charge in [-0.05, 0) is 43.7 Å². The van der Waals surface area contributed by atoms with Gasteiger partial charge < -0.3 is 39.3 Å². The first-order valence-electron chi connectivity index (χ1n) is 12.6. The summed E-state index contributed by atoms with van der Waals surface area (Å²) >= 11 is 0. The molecule has 2 aliphatic rings. The number of aromatic nitrogens is 1. The summed E-state index contributed by atoms with van der Waals surface area (Å²) in [5.74, 6) is 2.04. The summed E-state index contributed by atoms with van der Waals surface area (Å²) in [5.41, 5.74) is 0.251.